The van der Waals surface area contributed by atoms with Crippen LogP contribution in [0.15, 0.2) is 89.9 Å². The lowest BCUT2D eigenvalue weighted by molar-refractivity contribution is 0.246. The second-order valence-electron chi connectivity index (χ2n) is 14.5. The number of hydrogen-bond acceptors (Lipinski definition) is 5. The van der Waals surface area contributed by atoms with Gasteiger partial charge in [0.25, 0.3) is 0 Å². The topological polar surface area (TPSA) is 25.3 Å². The van der Waals surface area contributed by atoms with Crippen molar-refractivity contribution in [3.8, 4) is 0 Å². The average Bonchev–Trinajstić information content (AvgIpc) is 3.15. The fourth-order valence-corrected chi connectivity index (χ4v) is 7.20. The molecular weight excluding hydrogens is 599 g/mol. The van der Waals surface area contributed by atoms with E-state index in [9.17, 15) is 0 Å². The molecule has 0 spiro atoms. The van der Waals surface area contributed by atoms with Crippen LogP contribution in [-0.4, -0.2) is 113 Å². The van der Waals surface area contributed by atoms with Crippen LogP contribution in [0, 0.1) is 0 Å². The monoisotopic (exact) mass is 664 g/mol. The van der Waals surface area contributed by atoms with Crippen molar-refractivity contribution in [2.75, 3.05) is 87.1 Å². The van der Waals surface area contributed by atoms with Gasteiger partial charge in [-0.1, -0.05) is 113 Å². The summed E-state index contributed by atoms with van der Waals surface area (Å²) >= 11 is 0. The first-order valence-corrected chi connectivity index (χ1v) is 18.9. The van der Waals surface area contributed by atoms with Gasteiger partial charge in [0.05, 0.1) is 0 Å². The second kappa shape index (κ2) is 18.8. The van der Waals surface area contributed by atoms with Gasteiger partial charge in [0, 0.05) is 23.6 Å². The Labute approximate surface area is 299 Å². The lowest BCUT2D eigenvalue weighted by Gasteiger charge is -2.38. The molecule has 5 heteroatoms. The maximum atomic E-state index is 5.70. The molecule has 0 fully saturated rings. The summed E-state index contributed by atoms with van der Waals surface area (Å²) < 4.78 is 0. The summed E-state index contributed by atoms with van der Waals surface area (Å²) in [7, 11) is 9.02. The molecule has 0 heterocycles. The molecule has 5 nitrogen and oxygen atoms in total. The largest absolute Gasteiger partial charge is 0.307 e. The van der Waals surface area contributed by atoms with Crippen LogP contribution in [-0.2, 0) is 10.8 Å². The maximum Gasteiger partial charge on any atom is 0.0483 e. The molecular formula is C44H65N5. The summed E-state index contributed by atoms with van der Waals surface area (Å²) in [6.07, 6.45) is 6.63. The van der Waals surface area contributed by atoms with Gasteiger partial charge in [0.15, 0.2) is 0 Å². The molecule has 4 aromatic rings. The summed E-state index contributed by atoms with van der Waals surface area (Å²) in [6, 6.07) is 31.8. The van der Waals surface area contributed by atoms with Crippen molar-refractivity contribution in [3.05, 3.63) is 96.1 Å². The highest BCUT2D eigenvalue weighted by Gasteiger charge is 2.36. The van der Waals surface area contributed by atoms with Gasteiger partial charge < -0.3 is 19.6 Å². The van der Waals surface area contributed by atoms with E-state index in [1.165, 1.54) is 32.7 Å². The number of rotatable bonds is 21. The third-order valence-electron chi connectivity index (χ3n) is 11.4. The molecule has 0 amide bonds. The summed E-state index contributed by atoms with van der Waals surface area (Å²) in [5.74, 6) is 0. The zero-order chi connectivity index (χ0) is 35.3. The molecule has 266 valence electrons. The van der Waals surface area contributed by atoms with Gasteiger partial charge in [0.2, 0.25) is 0 Å². The van der Waals surface area contributed by atoms with Crippen molar-refractivity contribution >= 4 is 27.8 Å². The smallest absolute Gasteiger partial charge is 0.0483 e. The van der Waals surface area contributed by atoms with E-state index in [-0.39, 0.29) is 10.8 Å². The molecule has 0 atom stereocenters. The van der Waals surface area contributed by atoms with Crippen LogP contribution in [0.1, 0.15) is 64.5 Å². The Hall–Kier alpha value is -3.09. The SMILES string of the molecule is CCN(C)CCC(C=NCC(CCN(C)CC)(CCN(C)CC)c1cccc2ccccc12)(CCN(C)CC)c1cccc2ccccc12. The third kappa shape index (κ3) is 10.0. The molecule has 0 N–H and O–H groups in total. The predicted octanol–water partition coefficient (Wildman–Crippen LogP) is 8.61. The minimum absolute atomic E-state index is 0.102. The number of benzene rings is 4. The Bertz CT molecular complexity index is 1560. The number of hydrogen-bond donors (Lipinski definition) is 0. The molecule has 0 unspecified atom stereocenters. The van der Waals surface area contributed by atoms with Gasteiger partial charge in [-0.3, -0.25) is 4.99 Å². The summed E-state index contributed by atoms with van der Waals surface area (Å²) in [6.45, 7) is 18.1. The maximum absolute atomic E-state index is 5.70. The van der Waals surface area contributed by atoms with Crippen LogP contribution < -0.4 is 0 Å². The van der Waals surface area contributed by atoms with Crippen LogP contribution >= 0.6 is 0 Å². The van der Waals surface area contributed by atoms with E-state index in [4.69, 9.17) is 4.99 Å². The van der Waals surface area contributed by atoms with E-state index >= 15 is 0 Å². The molecule has 4 aromatic carbocycles. The van der Waals surface area contributed by atoms with E-state index in [1.807, 2.05) is 0 Å². The molecule has 0 saturated carbocycles. The minimum Gasteiger partial charge on any atom is -0.307 e. The van der Waals surface area contributed by atoms with Crippen molar-refractivity contribution in [2.45, 2.75) is 64.2 Å². The minimum atomic E-state index is -0.196. The fourth-order valence-electron chi connectivity index (χ4n) is 7.20. The average molecular weight is 664 g/mol. The highest BCUT2D eigenvalue weighted by molar-refractivity contribution is 5.91. The third-order valence-corrected chi connectivity index (χ3v) is 11.4. The first-order chi connectivity index (χ1) is 23.7. The normalized spacial score (nSPS) is 13.0. The van der Waals surface area contributed by atoms with Gasteiger partial charge in [-0.2, -0.15) is 0 Å². The van der Waals surface area contributed by atoms with E-state index < -0.39 is 0 Å². The van der Waals surface area contributed by atoms with E-state index in [0.717, 1.165) is 84.6 Å². The zero-order valence-corrected chi connectivity index (χ0v) is 32.1. The van der Waals surface area contributed by atoms with Crippen molar-refractivity contribution in [1.82, 2.24) is 19.6 Å². The standard InChI is InChI=1S/C44H65N5/c1-9-46(5)31-27-43(28-32-47(6)10-2,41-25-17-21-37-19-13-15-23-39(37)41)35-45-36-44(29-33-48(7)11-3,30-34-49(8)12-4)42-26-18-22-38-20-14-16-24-40(38)42/h13-26,35H,9-12,27-34,36H2,1-8H3. The van der Waals surface area contributed by atoms with Gasteiger partial charge in [0.1, 0.15) is 0 Å². The van der Waals surface area contributed by atoms with Gasteiger partial charge in [-0.15, -0.1) is 0 Å². The number of nitrogens with zero attached hydrogens (tertiary/aromatic N) is 5. The highest BCUT2D eigenvalue weighted by atomic mass is 15.1. The summed E-state index contributed by atoms with van der Waals surface area (Å²) in [5.41, 5.74) is 2.56. The molecule has 0 bridgehead atoms. The number of fused-ring (bicyclic) bond motifs is 2. The first-order valence-electron chi connectivity index (χ1n) is 18.9. The lowest BCUT2D eigenvalue weighted by Crippen LogP contribution is -2.40. The lowest BCUT2D eigenvalue weighted by atomic mass is 9.72. The van der Waals surface area contributed by atoms with E-state index in [2.05, 4.69) is 167 Å². The molecule has 0 aromatic heterocycles. The van der Waals surface area contributed by atoms with Crippen molar-refractivity contribution in [1.29, 1.82) is 0 Å². The van der Waals surface area contributed by atoms with Crippen LogP contribution in [0.3, 0.4) is 0 Å². The quantitative estimate of drug-likeness (QED) is 0.0834. The summed E-state index contributed by atoms with van der Waals surface area (Å²) in [4.78, 5) is 15.5. The van der Waals surface area contributed by atoms with Crippen LogP contribution in [0.25, 0.3) is 21.5 Å². The Morgan fingerprint density at radius 1 is 0.490 bits per heavy atom. The molecule has 0 radical (unpaired) electrons. The highest BCUT2D eigenvalue weighted by Crippen LogP contribution is 2.40. The van der Waals surface area contributed by atoms with Crippen molar-refractivity contribution in [2.24, 2.45) is 4.99 Å². The van der Waals surface area contributed by atoms with Crippen LogP contribution in [0.5, 0.6) is 0 Å². The van der Waals surface area contributed by atoms with Crippen LogP contribution in [0.2, 0.25) is 0 Å². The predicted molar refractivity (Wildman–Crippen MR) is 216 cm³/mol. The molecule has 0 aliphatic heterocycles. The molecule has 0 aliphatic carbocycles. The second-order valence-corrected chi connectivity index (χ2v) is 14.5. The number of aliphatic imine (C=N–C) groups is 1. The molecule has 4 rings (SSSR count). The Kier molecular flexibility index (Phi) is 14.8. The fraction of sp³-hybridized carbons (Fsp3) is 0.523. The zero-order valence-electron chi connectivity index (χ0n) is 32.1. The van der Waals surface area contributed by atoms with E-state index in [1.54, 1.807) is 0 Å². The van der Waals surface area contributed by atoms with Crippen LogP contribution in [0.4, 0.5) is 0 Å². The molecule has 0 aliphatic rings. The van der Waals surface area contributed by atoms with Crippen molar-refractivity contribution in [3.63, 3.8) is 0 Å². The summed E-state index contributed by atoms with van der Waals surface area (Å²) in [5, 5.41) is 5.34. The van der Waals surface area contributed by atoms with Gasteiger partial charge >= 0.3 is 0 Å². The van der Waals surface area contributed by atoms with Gasteiger partial charge in [-0.05, 0) is 139 Å². The van der Waals surface area contributed by atoms with Crippen molar-refractivity contribution < 1.29 is 0 Å². The first kappa shape index (κ1) is 38.7. The Morgan fingerprint density at radius 3 is 1.35 bits per heavy atom. The van der Waals surface area contributed by atoms with Gasteiger partial charge in [-0.25, -0.2) is 0 Å². The van der Waals surface area contributed by atoms with E-state index in [0.29, 0.717) is 0 Å². The molecule has 0 saturated heterocycles. The molecule has 49 heavy (non-hydrogen) atoms. The Morgan fingerprint density at radius 2 is 0.878 bits per heavy atom. The Balaban J connectivity index is 1.90.